The number of aryl methyl sites for hydroxylation is 1. The Morgan fingerprint density at radius 2 is 1.56 bits per heavy atom. The molecule has 0 aliphatic heterocycles. The molecule has 2 aromatic rings. The van der Waals surface area contributed by atoms with Crippen LogP contribution in [-0.4, -0.2) is 30.9 Å². The van der Waals surface area contributed by atoms with Gasteiger partial charge in [-0.2, -0.15) is 16.8 Å². The Bertz CT molecular complexity index is 764. The minimum Gasteiger partial charge on any atom is -0.282 e. The molecule has 0 radical (unpaired) electrons. The highest BCUT2D eigenvalue weighted by Crippen LogP contribution is 2.30. The van der Waals surface area contributed by atoms with Crippen LogP contribution in [0.3, 0.4) is 0 Å². The van der Waals surface area contributed by atoms with Gasteiger partial charge in [-0.3, -0.25) is 9.11 Å². The molecule has 1 heterocycles. The van der Waals surface area contributed by atoms with Gasteiger partial charge in [0.05, 0.1) is 15.2 Å². The first-order chi connectivity index (χ1) is 8.09. The Morgan fingerprint density at radius 1 is 1.06 bits per heavy atom. The van der Waals surface area contributed by atoms with Crippen LogP contribution in [0.25, 0.3) is 10.2 Å². The van der Waals surface area contributed by atoms with E-state index in [0.717, 1.165) is 23.5 Å². The van der Waals surface area contributed by atoms with E-state index in [9.17, 15) is 16.8 Å². The zero-order valence-corrected chi connectivity index (χ0v) is 11.3. The molecule has 0 spiro atoms. The second kappa shape index (κ2) is 3.96. The van der Waals surface area contributed by atoms with Gasteiger partial charge in [-0.25, -0.2) is 4.98 Å². The average Bonchev–Trinajstić information content (AvgIpc) is 2.52. The molecular weight excluding hydrogens is 302 g/mol. The number of fused-ring (bicyclic) bond motifs is 1. The molecule has 98 valence electrons. The topological polar surface area (TPSA) is 122 Å². The number of hydrogen-bond donors (Lipinski definition) is 2. The monoisotopic (exact) mass is 309 g/mol. The minimum atomic E-state index is -4.77. The van der Waals surface area contributed by atoms with E-state index in [1.165, 1.54) is 0 Å². The van der Waals surface area contributed by atoms with Gasteiger partial charge in [-0.05, 0) is 19.1 Å². The van der Waals surface area contributed by atoms with Crippen molar-refractivity contribution in [3.8, 4) is 0 Å². The van der Waals surface area contributed by atoms with Crippen molar-refractivity contribution in [1.29, 1.82) is 0 Å². The van der Waals surface area contributed by atoms with Crippen LogP contribution in [0.2, 0.25) is 0 Å². The van der Waals surface area contributed by atoms with Crippen LogP contribution in [0.4, 0.5) is 0 Å². The normalized spacial score (nSPS) is 13.1. The lowest BCUT2D eigenvalue weighted by Gasteiger charge is -2.03. The van der Waals surface area contributed by atoms with Gasteiger partial charge in [-0.1, -0.05) is 0 Å². The molecule has 2 N–H and O–H groups in total. The van der Waals surface area contributed by atoms with Crippen molar-refractivity contribution in [3.05, 3.63) is 17.1 Å². The minimum absolute atomic E-state index is 0.234. The van der Waals surface area contributed by atoms with Crippen LogP contribution in [0, 0.1) is 6.92 Å². The molecule has 0 bridgehead atoms. The molecule has 0 atom stereocenters. The maximum Gasteiger partial charge on any atom is 0.295 e. The second-order valence-corrected chi connectivity index (χ2v) is 7.46. The highest BCUT2D eigenvalue weighted by Gasteiger charge is 2.25. The summed E-state index contributed by atoms with van der Waals surface area (Å²) < 4.78 is 62.8. The van der Waals surface area contributed by atoms with Crippen LogP contribution in [0.5, 0.6) is 0 Å². The number of aromatic nitrogens is 1. The van der Waals surface area contributed by atoms with E-state index in [2.05, 4.69) is 4.98 Å². The number of nitrogens with zero attached hydrogens (tertiary/aromatic N) is 1. The van der Waals surface area contributed by atoms with Crippen molar-refractivity contribution in [1.82, 2.24) is 4.98 Å². The highest BCUT2D eigenvalue weighted by atomic mass is 32.2. The average molecular weight is 309 g/mol. The maximum atomic E-state index is 11.1. The van der Waals surface area contributed by atoms with Gasteiger partial charge in [0.25, 0.3) is 20.2 Å². The summed E-state index contributed by atoms with van der Waals surface area (Å²) in [5.74, 6) is 0. The summed E-state index contributed by atoms with van der Waals surface area (Å²) in [6, 6.07) is 1.88. The zero-order chi connectivity index (χ0) is 13.7. The number of thiazole rings is 1. The molecule has 0 unspecified atom stereocenters. The van der Waals surface area contributed by atoms with Crippen molar-refractivity contribution in [2.75, 3.05) is 0 Å². The van der Waals surface area contributed by atoms with E-state index in [4.69, 9.17) is 9.11 Å². The quantitative estimate of drug-likeness (QED) is 0.796. The summed E-state index contributed by atoms with van der Waals surface area (Å²) >= 11 is 1.14. The fraction of sp³-hybridized carbons (Fsp3) is 0.125. The van der Waals surface area contributed by atoms with Crippen LogP contribution in [0.15, 0.2) is 21.9 Å². The summed E-state index contributed by atoms with van der Waals surface area (Å²) in [5, 5.41) is 0.596. The molecule has 1 aromatic heterocycles. The second-order valence-electron chi connectivity index (χ2n) is 3.45. The van der Waals surface area contributed by atoms with E-state index in [0.29, 0.717) is 9.71 Å². The highest BCUT2D eigenvalue weighted by molar-refractivity contribution is 7.89. The molecule has 0 saturated carbocycles. The lowest BCUT2D eigenvalue weighted by molar-refractivity contribution is 0.467. The molecule has 7 nitrogen and oxygen atoms in total. The summed E-state index contributed by atoms with van der Waals surface area (Å²) in [5.41, 5.74) is 0.234. The van der Waals surface area contributed by atoms with E-state index >= 15 is 0 Å². The smallest absolute Gasteiger partial charge is 0.282 e. The number of benzene rings is 1. The van der Waals surface area contributed by atoms with E-state index < -0.39 is 30.0 Å². The molecule has 0 aliphatic rings. The third-order valence-electron chi connectivity index (χ3n) is 2.12. The Balaban J connectivity index is 2.98. The van der Waals surface area contributed by atoms with Gasteiger partial charge < -0.3 is 0 Å². The Hall–Kier alpha value is -1.07. The molecule has 18 heavy (non-hydrogen) atoms. The molecule has 1 aromatic carbocycles. The predicted octanol–water partition coefficient (Wildman–Crippen LogP) is 1.10. The third kappa shape index (κ3) is 2.37. The predicted molar refractivity (Wildman–Crippen MR) is 64.0 cm³/mol. The van der Waals surface area contributed by atoms with E-state index in [1.54, 1.807) is 6.92 Å². The molecule has 2 rings (SSSR count). The van der Waals surface area contributed by atoms with Gasteiger partial charge >= 0.3 is 0 Å². The van der Waals surface area contributed by atoms with Gasteiger partial charge in [-0.15, -0.1) is 11.3 Å². The van der Waals surface area contributed by atoms with E-state index in [1.807, 2.05) is 0 Å². The van der Waals surface area contributed by atoms with Crippen LogP contribution < -0.4 is 0 Å². The first-order valence-electron chi connectivity index (χ1n) is 4.45. The SMILES string of the molecule is Cc1nc2cc(S(=O)(=O)O)c(S(=O)(=O)O)cc2s1. The summed E-state index contributed by atoms with van der Waals surface area (Å²) in [7, 11) is -9.53. The van der Waals surface area contributed by atoms with E-state index in [-0.39, 0.29) is 5.52 Å². The summed E-state index contributed by atoms with van der Waals surface area (Å²) in [4.78, 5) is 2.23. The standard InChI is InChI=1S/C8H7NO6S3/c1-4-9-5-2-7(17(10,11)12)8(18(13,14)15)3-6(5)16-4/h2-3H,1H3,(H,10,11,12)(H,13,14,15). The fourth-order valence-electron chi connectivity index (χ4n) is 1.45. The Morgan fingerprint density at radius 3 is 2.06 bits per heavy atom. The van der Waals surface area contributed by atoms with Crippen LogP contribution >= 0.6 is 11.3 Å². The first-order valence-corrected chi connectivity index (χ1v) is 8.15. The number of hydrogen-bond acceptors (Lipinski definition) is 6. The zero-order valence-electron chi connectivity index (χ0n) is 8.85. The van der Waals surface area contributed by atoms with Crippen molar-refractivity contribution in [3.63, 3.8) is 0 Å². The maximum absolute atomic E-state index is 11.1. The lowest BCUT2D eigenvalue weighted by Crippen LogP contribution is -2.08. The van der Waals surface area contributed by atoms with Crippen molar-refractivity contribution < 1.29 is 25.9 Å². The van der Waals surface area contributed by atoms with Gasteiger partial charge in [0.15, 0.2) is 0 Å². The largest absolute Gasteiger partial charge is 0.295 e. The van der Waals surface area contributed by atoms with Crippen molar-refractivity contribution >= 4 is 41.8 Å². The molecule has 0 saturated heterocycles. The first kappa shape index (κ1) is 13.4. The van der Waals surface area contributed by atoms with Crippen molar-refractivity contribution in [2.45, 2.75) is 16.7 Å². The fourth-order valence-corrected chi connectivity index (χ4v) is 4.16. The molecular formula is C8H7NO6S3. The van der Waals surface area contributed by atoms with Crippen LogP contribution in [-0.2, 0) is 20.2 Å². The molecule has 10 heteroatoms. The van der Waals surface area contributed by atoms with Gasteiger partial charge in [0.1, 0.15) is 9.79 Å². The molecule has 0 aliphatic carbocycles. The Labute approximate surface area is 107 Å². The molecule has 0 fully saturated rings. The molecule has 0 amide bonds. The third-order valence-corrected chi connectivity index (χ3v) is 4.97. The van der Waals surface area contributed by atoms with Crippen molar-refractivity contribution in [2.24, 2.45) is 0 Å². The number of rotatable bonds is 2. The summed E-state index contributed by atoms with van der Waals surface area (Å²) in [6.45, 7) is 1.66. The Kier molecular flexibility index (Phi) is 2.94. The van der Waals surface area contributed by atoms with Crippen LogP contribution in [0.1, 0.15) is 5.01 Å². The lowest BCUT2D eigenvalue weighted by atomic mass is 10.3. The van der Waals surface area contributed by atoms with Gasteiger partial charge in [0, 0.05) is 0 Å². The van der Waals surface area contributed by atoms with Gasteiger partial charge in [0.2, 0.25) is 0 Å². The summed E-state index contributed by atoms with van der Waals surface area (Å²) in [6.07, 6.45) is 0.